The summed E-state index contributed by atoms with van der Waals surface area (Å²) in [5, 5.41) is 12.4. The van der Waals surface area contributed by atoms with Crippen LogP contribution in [0.1, 0.15) is 33.1 Å². The molecule has 2 unspecified atom stereocenters. The molecule has 0 aromatic rings. The van der Waals surface area contributed by atoms with Crippen molar-refractivity contribution in [3.05, 3.63) is 0 Å². The van der Waals surface area contributed by atoms with Gasteiger partial charge in [0.15, 0.2) is 0 Å². The summed E-state index contributed by atoms with van der Waals surface area (Å²) < 4.78 is 0. The molecule has 1 aliphatic carbocycles. The SMILES string of the molecule is CCCNC(CSCC(C)CO)(C(N)=O)C1CC1. The van der Waals surface area contributed by atoms with Gasteiger partial charge in [-0.15, -0.1) is 0 Å². The molecular formula is C13H26N2O2S. The predicted octanol–water partition coefficient (Wildman–Crippen LogP) is 0.982. The van der Waals surface area contributed by atoms with Crippen LogP contribution in [0.25, 0.3) is 0 Å². The summed E-state index contributed by atoms with van der Waals surface area (Å²) in [7, 11) is 0. The van der Waals surface area contributed by atoms with E-state index in [1.807, 2.05) is 6.92 Å². The summed E-state index contributed by atoms with van der Waals surface area (Å²) in [5.41, 5.74) is 5.11. The molecule has 4 nitrogen and oxygen atoms in total. The highest BCUT2D eigenvalue weighted by molar-refractivity contribution is 7.99. The second kappa shape index (κ2) is 7.36. The largest absolute Gasteiger partial charge is 0.396 e. The summed E-state index contributed by atoms with van der Waals surface area (Å²) in [4.78, 5) is 11.9. The summed E-state index contributed by atoms with van der Waals surface area (Å²) in [6.45, 7) is 5.13. The van der Waals surface area contributed by atoms with Gasteiger partial charge in [-0.05, 0) is 43.4 Å². The van der Waals surface area contributed by atoms with Crippen LogP contribution in [0.4, 0.5) is 0 Å². The van der Waals surface area contributed by atoms with Crippen LogP contribution < -0.4 is 11.1 Å². The normalized spacial score (nSPS) is 20.4. The van der Waals surface area contributed by atoms with Crippen LogP contribution in [0.3, 0.4) is 0 Å². The zero-order valence-electron chi connectivity index (χ0n) is 11.4. The van der Waals surface area contributed by atoms with E-state index in [1.165, 1.54) is 0 Å². The standard InChI is InChI=1S/C13H26N2O2S/c1-3-6-15-13(12(14)17,11-4-5-11)9-18-8-10(2)7-16/h10-11,15-16H,3-9H2,1-2H3,(H2,14,17). The van der Waals surface area contributed by atoms with Gasteiger partial charge in [-0.2, -0.15) is 11.8 Å². The molecule has 0 saturated heterocycles. The Hall–Kier alpha value is -0.260. The lowest BCUT2D eigenvalue weighted by Gasteiger charge is -2.32. The van der Waals surface area contributed by atoms with Gasteiger partial charge in [0.1, 0.15) is 5.54 Å². The van der Waals surface area contributed by atoms with Gasteiger partial charge in [0, 0.05) is 12.4 Å². The third-order valence-corrected chi connectivity index (χ3v) is 4.91. The number of carbonyl (C=O) groups excluding carboxylic acids is 1. The van der Waals surface area contributed by atoms with E-state index in [1.54, 1.807) is 11.8 Å². The zero-order chi connectivity index (χ0) is 13.6. The fraction of sp³-hybridized carbons (Fsp3) is 0.923. The molecule has 1 saturated carbocycles. The number of aliphatic hydroxyl groups is 1. The minimum absolute atomic E-state index is 0.197. The highest BCUT2D eigenvalue weighted by atomic mass is 32.2. The highest BCUT2D eigenvalue weighted by Crippen LogP contribution is 2.41. The monoisotopic (exact) mass is 274 g/mol. The van der Waals surface area contributed by atoms with Gasteiger partial charge in [-0.3, -0.25) is 4.79 Å². The second-order valence-corrected chi connectivity index (χ2v) is 6.37. The number of carbonyl (C=O) groups is 1. The molecule has 0 aliphatic heterocycles. The number of amides is 1. The fourth-order valence-corrected chi connectivity index (χ4v) is 3.50. The fourth-order valence-electron chi connectivity index (χ4n) is 2.07. The summed E-state index contributed by atoms with van der Waals surface area (Å²) in [5.74, 6) is 2.04. The van der Waals surface area contributed by atoms with E-state index in [-0.39, 0.29) is 18.4 Å². The van der Waals surface area contributed by atoms with Gasteiger partial charge >= 0.3 is 0 Å². The lowest BCUT2D eigenvalue weighted by atomic mass is 9.94. The molecule has 1 amide bonds. The van der Waals surface area contributed by atoms with Gasteiger partial charge in [0.2, 0.25) is 5.91 Å². The molecule has 1 fully saturated rings. The van der Waals surface area contributed by atoms with Crippen molar-refractivity contribution in [1.29, 1.82) is 0 Å². The van der Waals surface area contributed by atoms with Crippen LogP contribution in [0.15, 0.2) is 0 Å². The van der Waals surface area contributed by atoms with Crippen molar-refractivity contribution in [2.75, 3.05) is 24.7 Å². The lowest BCUT2D eigenvalue weighted by molar-refractivity contribution is -0.124. The van der Waals surface area contributed by atoms with Gasteiger partial charge in [-0.25, -0.2) is 0 Å². The maximum absolute atomic E-state index is 11.9. The van der Waals surface area contributed by atoms with E-state index in [4.69, 9.17) is 10.8 Å². The molecule has 0 aromatic heterocycles. The van der Waals surface area contributed by atoms with Crippen LogP contribution in [-0.4, -0.2) is 41.2 Å². The van der Waals surface area contributed by atoms with Crippen molar-refractivity contribution in [2.45, 2.75) is 38.6 Å². The molecule has 0 bridgehead atoms. The Morgan fingerprint density at radius 2 is 2.28 bits per heavy atom. The molecule has 0 heterocycles. The number of aliphatic hydroxyl groups excluding tert-OH is 1. The smallest absolute Gasteiger partial charge is 0.238 e. The molecule has 1 aliphatic rings. The van der Waals surface area contributed by atoms with Gasteiger partial charge in [0.05, 0.1) is 0 Å². The average molecular weight is 274 g/mol. The van der Waals surface area contributed by atoms with Crippen LogP contribution in [0, 0.1) is 11.8 Å². The molecule has 2 atom stereocenters. The molecule has 1 rings (SSSR count). The first-order valence-electron chi connectivity index (χ1n) is 6.80. The molecule has 106 valence electrons. The Labute approximate surface area is 114 Å². The summed E-state index contributed by atoms with van der Waals surface area (Å²) in [6.07, 6.45) is 3.19. The number of rotatable bonds is 10. The van der Waals surface area contributed by atoms with Crippen LogP contribution in [-0.2, 0) is 4.79 Å². The van der Waals surface area contributed by atoms with Crippen molar-refractivity contribution in [3.63, 3.8) is 0 Å². The zero-order valence-corrected chi connectivity index (χ0v) is 12.3. The van der Waals surface area contributed by atoms with E-state index >= 15 is 0 Å². The van der Waals surface area contributed by atoms with Crippen molar-refractivity contribution in [1.82, 2.24) is 5.32 Å². The first kappa shape index (κ1) is 15.8. The average Bonchev–Trinajstić information content (AvgIpc) is 3.17. The first-order chi connectivity index (χ1) is 8.56. The van der Waals surface area contributed by atoms with Crippen molar-refractivity contribution in [2.24, 2.45) is 17.6 Å². The van der Waals surface area contributed by atoms with Gasteiger partial charge in [-0.1, -0.05) is 13.8 Å². The summed E-state index contributed by atoms with van der Waals surface area (Å²) >= 11 is 1.72. The van der Waals surface area contributed by atoms with E-state index in [0.29, 0.717) is 5.92 Å². The van der Waals surface area contributed by atoms with Gasteiger partial charge < -0.3 is 16.2 Å². The first-order valence-corrected chi connectivity index (χ1v) is 7.95. The van der Waals surface area contributed by atoms with Crippen molar-refractivity contribution < 1.29 is 9.90 Å². The minimum atomic E-state index is -0.532. The molecule has 0 aromatic carbocycles. The molecule has 5 heteroatoms. The minimum Gasteiger partial charge on any atom is -0.396 e. The maximum Gasteiger partial charge on any atom is 0.238 e. The second-order valence-electron chi connectivity index (χ2n) is 5.34. The van der Waals surface area contributed by atoms with Crippen LogP contribution in [0.5, 0.6) is 0 Å². The number of thioether (sulfide) groups is 1. The number of primary amides is 1. The summed E-state index contributed by atoms with van der Waals surface area (Å²) in [6, 6.07) is 0. The van der Waals surface area contributed by atoms with Gasteiger partial charge in [0.25, 0.3) is 0 Å². The molecule has 0 spiro atoms. The Morgan fingerprint density at radius 3 is 2.72 bits per heavy atom. The van der Waals surface area contributed by atoms with Crippen molar-refractivity contribution >= 4 is 17.7 Å². The van der Waals surface area contributed by atoms with E-state index < -0.39 is 5.54 Å². The van der Waals surface area contributed by atoms with Crippen molar-refractivity contribution in [3.8, 4) is 0 Å². The number of nitrogens with one attached hydrogen (secondary N) is 1. The Kier molecular flexibility index (Phi) is 6.46. The Balaban J connectivity index is 2.55. The number of nitrogens with two attached hydrogens (primary N) is 1. The third kappa shape index (κ3) is 4.14. The predicted molar refractivity (Wildman–Crippen MR) is 76.5 cm³/mol. The van der Waals surface area contributed by atoms with E-state index in [2.05, 4.69) is 12.2 Å². The Morgan fingerprint density at radius 1 is 1.61 bits per heavy atom. The number of hydrogen-bond acceptors (Lipinski definition) is 4. The lowest BCUT2D eigenvalue weighted by Crippen LogP contribution is -2.59. The maximum atomic E-state index is 11.9. The molecular weight excluding hydrogens is 248 g/mol. The quantitative estimate of drug-likeness (QED) is 0.555. The van der Waals surface area contributed by atoms with E-state index in [9.17, 15) is 4.79 Å². The van der Waals surface area contributed by atoms with Crippen LogP contribution in [0.2, 0.25) is 0 Å². The third-order valence-electron chi connectivity index (χ3n) is 3.45. The highest BCUT2D eigenvalue weighted by Gasteiger charge is 2.49. The molecule has 4 N–H and O–H groups in total. The van der Waals surface area contributed by atoms with E-state index in [0.717, 1.165) is 37.3 Å². The molecule has 18 heavy (non-hydrogen) atoms. The molecule has 0 radical (unpaired) electrons. The topological polar surface area (TPSA) is 75.3 Å². The number of hydrogen-bond donors (Lipinski definition) is 3. The Bertz CT molecular complexity index is 272. The van der Waals surface area contributed by atoms with Crippen LogP contribution >= 0.6 is 11.8 Å².